The van der Waals surface area contributed by atoms with E-state index >= 15 is 0 Å². The predicted molar refractivity (Wildman–Crippen MR) is 67.0 cm³/mol. The minimum Gasteiger partial charge on any atom is -0.305 e. The third kappa shape index (κ3) is 2.41. The average Bonchev–Trinajstić information content (AvgIpc) is 2.17. The monoisotopic (exact) mass is 268 g/mol. The van der Waals surface area contributed by atoms with E-state index in [0.717, 1.165) is 24.1 Å². The fourth-order valence-electron chi connectivity index (χ4n) is 2.22. The summed E-state index contributed by atoms with van der Waals surface area (Å²) in [5.74, 6) is 0. The van der Waals surface area contributed by atoms with Crippen molar-refractivity contribution in [3.05, 3.63) is 34.3 Å². The molecule has 1 unspecified atom stereocenters. The molecule has 1 aromatic carbocycles. The molecule has 0 saturated carbocycles. The van der Waals surface area contributed by atoms with Crippen molar-refractivity contribution in [1.29, 1.82) is 0 Å². The number of nitrogens with one attached hydrogen (secondary N) is 1. The Morgan fingerprint density at radius 1 is 1.47 bits per heavy atom. The van der Waals surface area contributed by atoms with Crippen molar-refractivity contribution in [3.8, 4) is 0 Å². The fourth-order valence-corrected chi connectivity index (χ4v) is 2.62. The van der Waals surface area contributed by atoms with E-state index in [1.807, 2.05) is 0 Å². The Morgan fingerprint density at radius 3 is 2.93 bits per heavy atom. The van der Waals surface area contributed by atoms with Gasteiger partial charge in [-0.3, -0.25) is 0 Å². The van der Waals surface area contributed by atoms with Crippen LogP contribution in [0.1, 0.15) is 12.5 Å². The molecule has 0 radical (unpaired) electrons. The van der Waals surface area contributed by atoms with Gasteiger partial charge in [0.2, 0.25) is 0 Å². The Labute approximate surface area is 99.8 Å². The molecule has 0 bridgehead atoms. The molecule has 82 valence electrons. The summed E-state index contributed by atoms with van der Waals surface area (Å²) >= 11 is 3.53. The first-order valence-corrected chi connectivity index (χ1v) is 6.09. The molecule has 1 heterocycles. The van der Waals surface area contributed by atoms with E-state index in [2.05, 4.69) is 64.4 Å². The summed E-state index contributed by atoms with van der Waals surface area (Å²) in [4.78, 5) is 2.37. The molecule has 2 nitrogen and oxygen atoms in total. The lowest BCUT2D eigenvalue weighted by Gasteiger charge is -2.40. The molecule has 2 rings (SSSR count). The average molecular weight is 269 g/mol. The highest BCUT2D eigenvalue weighted by atomic mass is 79.9. The van der Waals surface area contributed by atoms with E-state index < -0.39 is 0 Å². The molecule has 3 heteroatoms. The summed E-state index contributed by atoms with van der Waals surface area (Å²) < 4.78 is 1.15. The summed E-state index contributed by atoms with van der Waals surface area (Å²) in [6.45, 7) is 5.51. The van der Waals surface area contributed by atoms with Gasteiger partial charge in [0.25, 0.3) is 0 Å². The Hall–Kier alpha value is -0.380. The maximum absolute atomic E-state index is 3.61. The van der Waals surface area contributed by atoms with E-state index in [4.69, 9.17) is 0 Å². The summed E-state index contributed by atoms with van der Waals surface area (Å²) in [7, 11) is 2.18. The van der Waals surface area contributed by atoms with E-state index in [1.54, 1.807) is 0 Å². The topological polar surface area (TPSA) is 15.3 Å². The highest BCUT2D eigenvalue weighted by molar-refractivity contribution is 9.10. The number of likely N-dealkylation sites (N-methyl/N-ethyl adjacent to an activating group) is 1. The smallest absolute Gasteiger partial charge is 0.0535 e. The first-order valence-electron chi connectivity index (χ1n) is 5.30. The molecule has 1 fully saturated rings. The second-order valence-electron chi connectivity index (χ2n) is 4.51. The fraction of sp³-hybridized carbons (Fsp3) is 0.500. The van der Waals surface area contributed by atoms with Gasteiger partial charge in [-0.1, -0.05) is 28.1 Å². The van der Waals surface area contributed by atoms with E-state index in [1.165, 1.54) is 5.56 Å². The maximum Gasteiger partial charge on any atom is 0.0535 e. The van der Waals surface area contributed by atoms with Crippen LogP contribution in [0, 0.1) is 0 Å². The Morgan fingerprint density at radius 2 is 2.27 bits per heavy atom. The van der Waals surface area contributed by atoms with Gasteiger partial charge in [0.1, 0.15) is 0 Å². The number of nitrogens with zero attached hydrogens (tertiary/aromatic N) is 1. The summed E-state index contributed by atoms with van der Waals surface area (Å²) in [6, 6.07) is 8.56. The van der Waals surface area contributed by atoms with Crippen LogP contribution < -0.4 is 5.32 Å². The minimum atomic E-state index is 0.0801. The molecule has 0 aliphatic carbocycles. The highest BCUT2D eigenvalue weighted by Crippen LogP contribution is 2.26. The van der Waals surface area contributed by atoms with Crippen molar-refractivity contribution >= 4 is 15.9 Å². The van der Waals surface area contributed by atoms with Gasteiger partial charge in [-0.05, 0) is 31.7 Å². The van der Waals surface area contributed by atoms with Crippen LogP contribution >= 0.6 is 15.9 Å². The van der Waals surface area contributed by atoms with Crippen LogP contribution in [0.2, 0.25) is 0 Å². The second kappa shape index (κ2) is 4.24. The van der Waals surface area contributed by atoms with Crippen molar-refractivity contribution in [2.75, 3.05) is 26.7 Å². The van der Waals surface area contributed by atoms with Gasteiger partial charge in [0, 0.05) is 24.1 Å². The Bertz CT molecular complexity index is 353. The zero-order valence-electron chi connectivity index (χ0n) is 9.26. The number of piperazine rings is 1. The van der Waals surface area contributed by atoms with Crippen molar-refractivity contribution < 1.29 is 0 Å². The first-order chi connectivity index (χ1) is 7.10. The Kier molecular flexibility index (Phi) is 3.14. The van der Waals surface area contributed by atoms with E-state index in [0.29, 0.717) is 0 Å². The van der Waals surface area contributed by atoms with Crippen LogP contribution in [0.3, 0.4) is 0 Å². The number of benzene rings is 1. The van der Waals surface area contributed by atoms with Gasteiger partial charge in [0.05, 0.1) is 5.54 Å². The third-order valence-corrected chi connectivity index (χ3v) is 3.55. The normalized spacial score (nSPS) is 27.9. The summed E-state index contributed by atoms with van der Waals surface area (Å²) in [5, 5.41) is 3.61. The first kappa shape index (κ1) is 11.1. The van der Waals surface area contributed by atoms with Gasteiger partial charge >= 0.3 is 0 Å². The van der Waals surface area contributed by atoms with Gasteiger partial charge in [-0.25, -0.2) is 0 Å². The number of halogens is 1. The van der Waals surface area contributed by atoms with Crippen molar-refractivity contribution in [2.45, 2.75) is 12.5 Å². The third-order valence-electron chi connectivity index (χ3n) is 3.06. The lowest BCUT2D eigenvalue weighted by atomic mass is 9.90. The van der Waals surface area contributed by atoms with Crippen LogP contribution in [-0.2, 0) is 5.54 Å². The molecule has 0 aromatic heterocycles. The standard InChI is InChI=1S/C12H17BrN2/c1-12(9-15(2)7-6-14-12)10-4-3-5-11(13)8-10/h3-5,8,14H,6-7,9H2,1-2H3. The zero-order chi connectivity index (χ0) is 10.9. The van der Waals surface area contributed by atoms with Crippen molar-refractivity contribution in [3.63, 3.8) is 0 Å². The van der Waals surface area contributed by atoms with Crippen LogP contribution in [-0.4, -0.2) is 31.6 Å². The molecule has 0 amide bonds. The Balaban J connectivity index is 2.28. The molecular formula is C12H17BrN2. The van der Waals surface area contributed by atoms with Crippen molar-refractivity contribution in [1.82, 2.24) is 10.2 Å². The zero-order valence-corrected chi connectivity index (χ0v) is 10.8. The molecule has 0 spiro atoms. The van der Waals surface area contributed by atoms with Gasteiger partial charge in [-0.2, -0.15) is 0 Å². The molecule has 1 N–H and O–H groups in total. The van der Waals surface area contributed by atoms with E-state index in [9.17, 15) is 0 Å². The van der Waals surface area contributed by atoms with Gasteiger partial charge in [0.15, 0.2) is 0 Å². The van der Waals surface area contributed by atoms with Gasteiger partial charge < -0.3 is 10.2 Å². The van der Waals surface area contributed by atoms with E-state index in [-0.39, 0.29) is 5.54 Å². The number of hydrogen-bond donors (Lipinski definition) is 1. The molecule has 1 saturated heterocycles. The maximum atomic E-state index is 3.61. The summed E-state index contributed by atoms with van der Waals surface area (Å²) in [5.41, 5.74) is 1.43. The second-order valence-corrected chi connectivity index (χ2v) is 5.42. The lowest BCUT2D eigenvalue weighted by molar-refractivity contribution is 0.171. The van der Waals surface area contributed by atoms with Gasteiger partial charge in [-0.15, -0.1) is 0 Å². The molecule has 1 aliphatic heterocycles. The van der Waals surface area contributed by atoms with Crippen LogP contribution in [0.5, 0.6) is 0 Å². The largest absolute Gasteiger partial charge is 0.305 e. The van der Waals surface area contributed by atoms with Crippen LogP contribution in [0.4, 0.5) is 0 Å². The SMILES string of the molecule is CN1CCNC(C)(c2cccc(Br)c2)C1. The molecule has 1 atom stereocenters. The minimum absolute atomic E-state index is 0.0801. The summed E-state index contributed by atoms with van der Waals surface area (Å²) in [6.07, 6.45) is 0. The lowest BCUT2D eigenvalue weighted by Crippen LogP contribution is -2.55. The highest BCUT2D eigenvalue weighted by Gasteiger charge is 2.30. The quantitative estimate of drug-likeness (QED) is 0.840. The molecule has 1 aromatic rings. The molecule has 15 heavy (non-hydrogen) atoms. The molecule has 1 aliphatic rings. The van der Waals surface area contributed by atoms with Crippen LogP contribution in [0.25, 0.3) is 0 Å². The number of hydrogen-bond acceptors (Lipinski definition) is 2. The predicted octanol–water partition coefficient (Wildman–Crippen LogP) is 2.20. The molecular weight excluding hydrogens is 252 g/mol. The van der Waals surface area contributed by atoms with Crippen molar-refractivity contribution in [2.24, 2.45) is 0 Å². The van der Waals surface area contributed by atoms with Crippen LogP contribution in [0.15, 0.2) is 28.7 Å². The number of rotatable bonds is 1.